The molecule has 5 nitrogen and oxygen atoms in total. The first-order chi connectivity index (χ1) is 12.7. The van der Waals surface area contributed by atoms with Crippen molar-refractivity contribution < 1.29 is 9.53 Å². The number of carbonyl (C=O) groups is 1. The van der Waals surface area contributed by atoms with Gasteiger partial charge in [0, 0.05) is 18.8 Å². The maximum absolute atomic E-state index is 12.2. The van der Waals surface area contributed by atoms with Crippen LogP contribution in [0.3, 0.4) is 0 Å². The average Bonchev–Trinajstić information content (AvgIpc) is 3.20. The summed E-state index contributed by atoms with van der Waals surface area (Å²) < 4.78 is 5.52. The van der Waals surface area contributed by atoms with Gasteiger partial charge in [-0.15, -0.1) is 0 Å². The molecule has 2 aromatic rings. The number of pyridine rings is 1. The summed E-state index contributed by atoms with van der Waals surface area (Å²) in [5.41, 5.74) is 5.02. The van der Waals surface area contributed by atoms with Gasteiger partial charge in [0.25, 0.3) is 5.91 Å². The van der Waals surface area contributed by atoms with E-state index in [1.807, 2.05) is 6.07 Å². The van der Waals surface area contributed by atoms with Gasteiger partial charge in [0.2, 0.25) is 0 Å². The largest absolute Gasteiger partial charge is 0.376 e. The first-order valence-electron chi connectivity index (χ1n) is 9.45. The third-order valence-corrected chi connectivity index (χ3v) is 4.78. The van der Waals surface area contributed by atoms with Gasteiger partial charge in [-0.1, -0.05) is 32.0 Å². The summed E-state index contributed by atoms with van der Waals surface area (Å²) in [6.07, 6.45) is 5.86. The predicted molar refractivity (Wildman–Crippen MR) is 104 cm³/mol. The Kier molecular flexibility index (Phi) is 6.23. The fourth-order valence-corrected chi connectivity index (χ4v) is 3.25. The Morgan fingerprint density at radius 1 is 1.19 bits per heavy atom. The van der Waals surface area contributed by atoms with Crippen molar-refractivity contribution in [2.24, 2.45) is 0 Å². The van der Waals surface area contributed by atoms with Crippen LogP contribution in [0.1, 0.15) is 48.3 Å². The van der Waals surface area contributed by atoms with Gasteiger partial charge < -0.3 is 15.4 Å². The minimum Gasteiger partial charge on any atom is -0.376 e. The molecule has 2 N–H and O–H groups in total. The van der Waals surface area contributed by atoms with Crippen molar-refractivity contribution in [1.29, 1.82) is 0 Å². The Hall–Kier alpha value is -2.40. The summed E-state index contributed by atoms with van der Waals surface area (Å²) >= 11 is 0. The lowest BCUT2D eigenvalue weighted by Gasteiger charge is -2.15. The lowest BCUT2D eigenvalue weighted by molar-refractivity contribution is 0.0854. The molecule has 0 aliphatic carbocycles. The molecule has 0 radical (unpaired) electrons. The standard InChI is InChI=1S/C21H27N3O2/c1-3-15-7-5-8-16(4-2)20(15)24-17-10-11-19(22-13-17)21(25)23-14-18-9-6-12-26-18/h5,7-8,10-11,13,18,24H,3-4,6,9,12,14H2,1-2H3,(H,23,25). The number of benzene rings is 1. The lowest BCUT2D eigenvalue weighted by atomic mass is 10.0. The van der Waals surface area contributed by atoms with Gasteiger partial charge in [-0.25, -0.2) is 4.98 Å². The van der Waals surface area contributed by atoms with Crippen LogP contribution < -0.4 is 10.6 Å². The Bertz CT molecular complexity index is 715. The molecule has 138 valence electrons. The van der Waals surface area contributed by atoms with E-state index in [4.69, 9.17) is 4.74 Å². The summed E-state index contributed by atoms with van der Waals surface area (Å²) in [4.78, 5) is 16.5. The van der Waals surface area contributed by atoms with Gasteiger partial charge in [0.1, 0.15) is 5.69 Å². The molecule has 2 heterocycles. The van der Waals surface area contributed by atoms with E-state index >= 15 is 0 Å². The second kappa shape index (κ2) is 8.81. The van der Waals surface area contributed by atoms with E-state index in [0.29, 0.717) is 12.2 Å². The minimum atomic E-state index is -0.157. The van der Waals surface area contributed by atoms with E-state index in [2.05, 4.69) is 47.7 Å². The van der Waals surface area contributed by atoms with Crippen LogP contribution >= 0.6 is 0 Å². The van der Waals surface area contributed by atoms with Gasteiger partial charge in [-0.05, 0) is 48.9 Å². The van der Waals surface area contributed by atoms with Gasteiger partial charge in [0.15, 0.2) is 0 Å². The zero-order valence-corrected chi connectivity index (χ0v) is 15.5. The number of anilines is 2. The number of aryl methyl sites for hydroxylation is 2. The molecule has 1 aliphatic heterocycles. The molecule has 0 spiro atoms. The molecule has 26 heavy (non-hydrogen) atoms. The highest BCUT2D eigenvalue weighted by atomic mass is 16.5. The van der Waals surface area contributed by atoms with E-state index < -0.39 is 0 Å². The number of carbonyl (C=O) groups excluding carboxylic acids is 1. The minimum absolute atomic E-state index is 0.137. The fraction of sp³-hybridized carbons (Fsp3) is 0.429. The zero-order valence-electron chi connectivity index (χ0n) is 15.5. The van der Waals surface area contributed by atoms with E-state index in [9.17, 15) is 4.79 Å². The van der Waals surface area contributed by atoms with Crippen LogP contribution in [0.4, 0.5) is 11.4 Å². The quantitative estimate of drug-likeness (QED) is 0.793. The third-order valence-electron chi connectivity index (χ3n) is 4.78. The Morgan fingerprint density at radius 2 is 1.96 bits per heavy atom. The number of hydrogen-bond donors (Lipinski definition) is 2. The number of ether oxygens (including phenoxy) is 1. The Morgan fingerprint density at radius 3 is 2.54 bits per heavy atom. The van der Waals surface area contributed by atoms with Gasteiger partial charge in [-0.2, -0.15) is 0 Å². The summed E-state index contributed by atoms with van der Waals surface area (Å²) in [7, 11) is 0. The molecular weight excluding hydrogens is 326 g/mol. The second-order valence-electron chi connectivity index (χ2n) is 6.56. The van der Waals surface area contributed by atoms with Crippen LogP contribution in [0.2, 0.25) is 0 Å². The van der Waals surface area contributed by atoms with Crippen LogP contribution in [0.25, 0.3) is 0 Å². The maximum atomic E-state index is 12.2. The molecule has 1 amide bonds. The molecular formula is C21H27N3O2. The molecule has 0 bridgehead atoms. The maximum Gasteiger partial charge on any atom is 0.269 e. The fourth-order valence-electron chi connectivity index (χ4n) is 3.25. The van der Waals surface area contributed by atoms with Crippen molar-refractivity contribution in [2.75, 3.05) is 18.5 Å². The topological polar surface area (TPSA) is 63.2 Å². The summed E-state index contributed by atoms with van der Waals surface area (Å²) in [5, 5.41) is 6.37. The molecule has 1 aliphatic rings. The van der Waals surface area contributed by atoms with Crippen LogP contribution in [0.15, 0.2) is 36.5 Å². The lowest BCUT2D eigenvalue weighted by Crippen LogP contribution is -2.32. The normalized spacial score (nSPS) is 16.5. The van der Waals surface area contributed by atoms with E-state index in [1.165, 1.54) is 11.1 Å². The smallest absolute Gasteiger partial charge is 0.269 e. The van der Waals surface area contributed by atoms with Crippen molar-refractivity contribution in [3.05, 3.63) is 53.3 Å². The van der Waals surface area contributed by atoms with Crippen LogP contribution in [0, 0.1) is 0 Å². The van der Waals surface area contributed by atoms with Crippen molar-refractivity contribution in [2.45, 2.75) is 45.6 Å². The molecule has 1 unspecified atom stereocenters. The number of para-hydroxylation sites is 1. The SMILES string of the molecule is CCc1cccc(CC)c1Nc1ccc(C(=O)NCC2CCCO2)nc1. The van der Waals surface area contributed by atoms with Crippen LogP contribution in [-0.2, 0) is 17.6 Å². The number of nitrogens with one attached hydrogen (secondary N) is 2. The number of rotatable bonds is 7. The molecule has 1 aromatic heterocycles. The molecule has 1 fully saturated rings. The first-order valence-corrected chi connectivity index (χ1v) is 9.45. The Labute approximate surface area is 155 Å². The average molecular weight is 353 g/mol. The molecule has 3 rings (SSSR count). The predicted octanol–water partition coefficient (Wildman–Crippen LogP) is 3.86. The third kappa shape index (κ3) is 4.41. The molecule has 1 saturated heterocycles. The second-order valence-corrected chi connectivity index (χ2v) is 6.56. The molecule has 1 aromatic carbocycles. The highest BCUT2D eigenvalue weighted by molar-refractivity contribution is 5.92. The van der Waals surface area contributed by atoms with E-state index in [1.54, 1.807) is 12.3 Å². The monoisotopic (exact) mass is 353 g/mol. The van der Waals surface area contributed by atoms with Crippen LogP contribution in [0.5, 0.6) is 0 Å². The van der Waals surface area contributed by atoms with E-state index in [-0.39, 0.29) is 12.0 Å². The number of aromatic nitrogens is 1. The van der Waals surface area contributed by atoms with Crippen molar-refractivity contribution >= 4 is 17.3 Å². The number of nitrogens with zero attached hydrogens (tertiary/aromatic N) is 1. The summed E-state index contributed by atoms with van der Waals surface area (Å²) in [6, 6.07) is 10.0. The van der Waals surface area contributed by atoms with Crippen molar-refractivity contribution in [3.63, 3.8) is 0 Å². The van der Waals surface area contributed by atoms with Crippen molar-refractivity contribution in [3.8, 4) is 0 Å². The number of hydrogen-bond acceptors (Lipinski definition) is 4. The number of amides is 1. The highest BCUT2D eigenvalue weighted by Gasteiger charge is 2.17. The van der Waals surface area contributed by atoms with Gasteiger partial charge in [-0.3, -0.25) is 4.79 Å². The van der Waals surface area contributed by atoms with E-state index in [0.717, 1.165) is 43.7 Å². The Balaban J connectivity index is 1.65. The molecule has 0 saturated carbocycles. The molecule has 1 atom stereocenters. The first kappa shape index (κ1) is 18.4. The zero-order chi connectivity index (χ0) is 18.4. The summed E-state index contributed by atoms with van der Waals surface area (Å²) in [6.45, 7) is 5.64. The highest BCUT2D eigenvalue weighted by Crippen LogP contribution is 2.26. The van der Waals surface area contributed by atoms with Gasteiger partial charge >= 0.3 is 0 Å². The van der Waals surface area contributed by atoms with Crippen molar-refractivity contribution in [1.82, 2.24) is 10.3 Å². The van der Waals surface area contributed by atoms with Crippen LogP contribution in [-0.4, -0.2) is 30.1 Å². The molecule has 5 heteroatoms. The van der Waals surface area contributed by atoms with Gasteiger partial charge in [0.05, 0.1) is 18.0 Å². The summed E-state index contributed by atoms with van der Waals surface area (Å²) in [5.74, 6) is -0.157.